The minimum atomic E-state index is 0.385. The molecule has 2 aromatic rings. The molecule has 1 aliphatic rings. The molecule has 1 aromatic heterocycles. The number of aromatic nitrogens is 2. The van der Waals surface area contributed by atoms with Gasteiger partial charge < -0.3 is 9.47 Å². The maximum absolute atomic E-state index is 6.28. The molecule has 0 amide bonds. The zero-order chi connectivity index (χ0) is 15.5. The van der Waals surface area contributed by atoms with Gasteiger partial charge in [-0.25, -0.2) is 9.97 Å². The van der Waals surface area contributed by atoms with Crippen molar-refractivity contribution in [2.75, 3.05) is 20.3 Å². The fourth-order valence-electron chi connectivity index (χ4n) is 2.60. The van der Waals surface area contributed by atoms with Gasteiger partial charge in [-0.2, -0.15) is 0 Å². The van der Waals surface area contributed by atoms with Crippen LogP contribution in [0.4, 0.5) is 0 Å². The van der Waals surface area contributed by atoms with Crippen molar-refractivity contribution in [3.05, 3.63) is 46.2 Å². The molecular weight excluding hydrogens is 302 g/mol. The lowest BCUT2D eigenvalue weighted by Gasteiger charge is -2.19. The van der Waals surface area contributed by atoms with E-state index in [2.05, 4.69) is 20.9 Å². The summed E-state index contributed by atoms with van der Waals surface area (Å²) in [5.41, 5.74) is 3.31. The maximum atomic E-state index is 6.28. The summed E-state index contributed by atoms with van der Waals surface area (Å²) in [6.07, 6.45) is 3.59. The first-order chi connectivity index (χ1) is 10.7. The first-order valence-corrected chi connectivity index (χ1v) is 7.52. The predicted octanol–water partition coefficient (Wildman–Crippen LogP) is 2.84. The number of halogens is 1. The van der Waals surface area contributed by atoms with Crippen LogP contribution in [0.15, 0.2) is 24.5 Å². The third kappa shape index (κ3) is 3.31. The number of hydrogen-bond acceptors (Lipinski definition) is 5. The van der Waals surface area contributed by atoms with Gasteiger partial charge in [0.1, 0.15) is 12.4 Å². The molecule has 116 valence electrons. The van der Waals surface area contributed by atoms with E-state index in [1.165, 1.54) is 0 Å². The second-order valence-electron chi connectivity index (χ2n) is 5.37. The second-order valence-corrected chi connectivity index (χ2v) is 5.78. The zero-order valence-corrected chi connectivity index (χ0v) is 13.4. The smallest absolute Gasteiger partial charge is 0.316 e. The predicted molar refractivity (Wildman–Crippen MR) is 84.4 cm³/mol. The van der Waals surface area contributed by atoms with Crippen LogP contribution in [0.1, 0.15) is 16.7 Å². The molecule has 1 aromatic carbocycles. The molecule has 0 atom stereocenters. The Kier molecular flexibility index (Phi) is 4.45. The number of hydrogen-bond donors (Lipinski definition) is 0. The molecule has 0 spiro atoms. The Morgan fingerprint density at radius 3 is 2.82 bits per heavy atom. The number of aryl methyl sites for hydroxylation is 1. The molecule has 0 bridgehead atoms. The molecule has 6 heteroatoms. The first-order valence-electron chi connectivity index (χ1n) is 7.15. The monoisotopic (exact) mass is 319 g/mol. The second kappa shape index (κ2) is 6.50. The highest BCUT2D eigenvalue weighted by Gasteiger charge is 2.18. The summed E-state index contributed by atoms with van der Waals surface area (Å²) in [6, 6.07) is 4.45. The Bertz CT molecular complexity index is 661. The van der Waals surface area contributed by atoms with Crippen LogP contribution in [0.3, 0.4) is 0 Å². The Morgan fingerprint density at radius 2 is 2.09 bits per heavy atom. The van der Waals surface area contributed by atoms with E-state index < -0.39 is 0 Å². The summed E-state index contributed by atoms with van der Waals surface area (Å²) >= 11 is 6.28. The third-order valence-electron chi connectivity index (χ3n) is 3.58. The van der Waals surface area contributed by atoms with E-state index in [-0.39, 0.29) is 0 Å². The van der Waals surface area contributed by atoms with E-state index in [1.54, 1.807) is 19.5 Å². The minimum absolute atomic E-state index is 0.385. The van der Waals surface area contributed by atoms with Gasteiger partial charge in [0, 0.05) is 43.2 Å². The quantitative estimate of drug-likeness (QED) is 0.870. The van der Waals surface area contributed by atoms with Gasteiger partial charge >= 0.3 is 6.01 Å². The topological polar surface area (TPSA) is 47.5 Å². The average molecular weight is 320 g/mol. The fraction of sp³-hybridized carbons (Fsp3) is 0.375. The highest BCUT2D eigenvalue weighted by atomic mass is 35.5. The van der Waals surface area contributed by atoms with Crippen molar-refractivity contribution in [2.45, 2.75) is 20.0 Å². The Balaban J connectivity index is 1.77. The van der Waals surface area contributed by atoms with Gasteiger partial charge in [0.2, 0.25) is 0 Å². The van der Waals surface area contributed by atoms with Crippen LogP contribution in [0.5, 0.6) is 11.8 Å². The standard InChI is InChI=1S/C16H18ClN3O2/c1-11-5-13-10-20(3-4-22-15(13)14(17)6-11)9-12-7-18-16(21-2)19-8-12/h5-8H,3-4,9-10H2,1-2H3. The van der Waals surface area contributed by atoms with Crippen LogP contribution >= 0.6 is 11.6 Å². The molecule has 0 N–H and O–H groups in total. The SMILES string of the molecule is COc1ncc(CN2CCOc3c(Cl)cc(C)cc3C2)cn1. The van der Waals surface area contributed by atoms with E-state index in [0.717, 1.165) is 42.1 Å². The van der Waals surface area contributed by atoms with Crippen molar-refractivity contribution in [3.8, 4) is 11.8 Å². The van der Waals surface area contributed by atoms with E-state index >= 15 is 0 Å². The first kappa shape index (κ1) is 15.1. The number of methoxy groups -OCH3 is 1. The highest BCUT2D eigenvalue weighted by molar-refractivity contribution is 6.32. The van der Waals surface area contributed by atoms with Crippen molar-refractivity contribution in [1.82, 2.24) is 14.9 Å². The van der Waals surface area contributed by atoms with Gasteiger partial charge in [-0.15, -0.1) is 0 Å². The number of benzene rings is 1. The summed E-state index contributed by atoms with van der Waals surface area (Å²) in [4.78, 5) is 10.6. The minimum Gasteiger partial charge on any atom is -0.490 e. The largest absolute Gasteiger partial charge is 0.490 e. The van der Waals surface area contributed by atoms with Gasteiger partial charge in [0.15, 0.2) is 0 Å². The molecule has 0 fully saturated rings. The normalized spacial score (nSPS) is 14.9. The lowest BCUT2D eigenvalue weighted by molar-refractivity contribution is 0.219. The van der Waals surface area contributed by atoms with Crippen LogP contribution in [-0.2, 0) is 13.1 Å². The van der Waals surface area contributed by atoms with E-state index in [9.17, 15) is 0 Å². The van der Waals surface area contributed by atoms with Crippen LogP contribution < -0.4 is 9.47 Å². The lowest BCUT2D eigenvalue weighted by Crippen LogP contribution is -2.25. The molecule has 0 radical (unpaired) electrons. The number of fused-ring (bicyclic) bond motifs is 1. The van der Waals surface area contributed by atoms with Crippen LogP contribution in [0, 0.1) is 6.92 Å². The van der Waals surface area contributed by atoms with Crippen molar-refractivity contribution < 1.29 is 9.47 Å². The maximum Gasteiger partial charge on any atom is 0.316 e. The third-order valence-corrected chi connectivity index (χ3v) is 3.86. The van der Waals surface area contributed by atoms with Crippen molar-refractivity contribution in [2.24, 2.45) is 0 Å². The molecule has 2 heterocycles. The van der Waals surface area contributed by atoms with Gasteiger partial charge in [0.25, 0.3) is 0 Å². The molecule has 3 rings (SSSR count). The average Bonchev–Trinajstić information content (AvgIpc) is 2.70. The van der Waals surface area contributed by atoms with Crippen molar-refractivity contribution in [3.63, 3.8) is 0 Å². The Labute approximate surface area is 134 Å². The van der Waals surface area contributed by atoms with Gasteiger partial charge in [-0.05, 0) is 18.6 Å². The molecule has 0 saturated carbocycles. The van der Waals surface area contributed by atoms with Gasteiger partial charge in [-0.3, -0.25) is 4.90 Å². The van der Waals surface area contributed by atoms with Crippen molar-refractivity contribution in [1.29, 1.82) is 0 Å². The number of ether oxygens (including phenoxy) is 2. The summed E-state index contributed by atoms with van der Waals surface area (Å²) in [5, 5.41) is 0.685. The molecule has 0 aliphatic carbocycles. The Hall–Kier alpha value is -1.85. The summed E-state index contributed by atoms with van der Waals surface area (Å²) in [7, 11) is 1.56. The molecule has 0 saturated heterocycles. The molecule has 5 nitrogen and oxygen atoms in total. The summed E-state index contributed by atoms with van der Waals surface area (Å²) in [6.45, 7) is 5.04. The molecule has 1 aliphatic heterocycles. The van der Waals surface area contributed by atoms with Crippen LogP contribution in [0.25, 0.3) is 0 Å². The Morgan fingerprint density at radius 1 is 1.32 bits per heavy atom. The van der Waals surface area contributed by atoms with E-state index in [0.29, 0.717) is 17.6 Å². The van der Waals surface area contributed by atoms with E-state index in [4.69, 9.17) is 21.1 Å². The van der Waals surface area contributed by atoms with E-state index in [1.807, 2.05) is 13.0 Å². The van der Waals surface area contributed by atoms with Gasteiger partial charge in [0.05, 0.1) is 12.1 Å². The van der Waals surface area contributed by atoms with Crippen LogP contribution in [0.2, 0.25) is 5.02 Å². The van der Waals surface area contributed by atoms with Gasteiger partial charge in [-0.1, -0.05) is 17.7 Å². The highest BCUT2D eigenvalue weighted by Crippen LogP contribution is 2.33. The molecular formula is C16H18ClN3O2. The van der Waals surface area contributed by atoms with Crippen molar-refractivity contribution >= 4 is 11.6 Å². The number of nitrogens with zero attached hydrogens (tertiary/aromatic N) is 3. The summed E-state index contributed by atoms with van der Waals surface area (Å²) in [5.74, 6) is 0.806. The lowest BCUT2D eigenvalue weighted by atomic mass is 10.1. The fourth-order valence-corrected chi connectivity index (χ4v) is 2.95. The zero-order valence-electron chi connectivity index (χ0n) is 12.7. The molecule has 0 unspecified atom stereocenters. The van der Waals surface area contributed by atoms with Crippen LogP contribution in [-0.4, -0.2) is 35.1 Å². The summed E-state index contributed by atoms with van der Waals surface area (Å²) < 4.78 is 10.8. The molecule has 22 heavy (non-hydrogen) atoms. The number of rotatable bonds is 3.